The van der Waals surface area contributed by atoms with Gasteiger partial charge in [-0.25, -0.2) is 9.96 Å². The SMILES string of the molecule is CCOc1ccc(N2C(=O)[C@@H]3[C@H](ON(c4ccccc4)[C@H]3c3cccc(Br)c3)C2=O)cc1. The molecule has 0 N–H and O–H groups in total. The van der Waals surface area contributed by atoms with Crippen LogP contribution >= 0.6 is 15.9 Å². The Bertz CT molecular complexity index is 1150. The van der Waals surface area contributed by atoms with Crippen molar-refractivity contribution in [1.29, 1.82) is 0 Å². The molecular weight excluding hydrogens is 472 g/mol. The van der Waals surface area contributed by atoms with Crippen LogP contribution < -0.4 is 14.7 Å². The zero-order chi connectivity index (χ0) is 22.2. The summed E-state index contributed by atoms with van der Waals surface area (Å²) < 4.78 is 6.37. The highest BCUT2D eigenvalue weighted by Crippen LogP contribution is 2.47. The number of imide groups is 1. The molecule has 3 atom stereocenters. The van der Waals surface area contributed by atoms with Gasteiger partial charge in [0.25, 0.3) is 5.91 Å². The maximum Gasteiger partial charge on any atom is 0.266 e. The number of ether oxygens (including phenoxy) is 1. The van der Waals surface area contributed by atoms with Gasteiger partial charge in [-0.15, -0.1) is 0 Å². The van der Waals surface area contributed by atoms with Crippen LogP contribution in [0.25, 0.3) is 0 Å². The molecule has 0 saturated carbocycles. The number of carbonyl (C=O) groups is 2. The van der Waals surface area contributed by atoms with Crippen molar-refractivity contribution in [3.8, 4) is 5.75 Å². The normalized spacial score (nSPS) is 22.4. The van der Waals surface area contributed by atoms with Crippen molar-refractivity contribution >= 4 is 39.1 Å². The van der Waals surface area contributed by atoms with E-state index in [9.17, 15) is 9.59 Å². The third-order valence-electron chi connectivity index (χ3n) is 5.72. The van der Waals surface area contributed by atoms with Gasteiger partial charge in [0, 0.05) is 4.47 Å². The maximum atomic E-state index is 13.6. The number of fused-ring (bicyclic) bond motifs is 1. The molecule has 0 spiro atoms. The number of amides is 2. The highest BCUT2D eigenvalue weighted by atomic mass is 79.9. The zero-order valence-electron chi connectivity index (χ0n) is 17.4. The number of anilines is 2. The van der Waals surface area contributed by atoms with Crippen molar-refractivity contribution in [2.45, 2.75) is 19.1 Å². The highest BCUT2D eigenvalue weighted by Gasteiger charge is 2.60. The second kappa shape index (κ2) is 8.41. The molecule has 2 saturated heterocycles. The molecule has 162 valence electrons. The predicted molar refractivity (Wildman–Crippen MR) is 124 cm³/mol. The lowest BCUT2D eigenvalue weighted by molar-refractivity contribution is -0.126. The van der Waals surface area contributed by atoms with Gasteiger partial charge in [0.15, 0.2) is 6.10 Å². The van der Waals surface area contributed by atoms with E-state index in [2.05, 4.69) is 15.9 Å². The number of benzene rings is 3. The Balaban J connectivity index is 1.54. The van der Waals surface area contributed by atoms with Gasteiger partial charge in [-0.1, -0.05) is 46.3 Å². The molecule has 2 heterocycles. The quantitative estimate of drug-likeness (QED) is 0.474. The Morgan fingerprint density at radius 2 is 1.66 bits per heavy atom. The Morgan fingerprint density at radius 1 is 0.906 bits per heavy atom. The first kappa shape index (κ1) is 20.7. The lowest BCUT2D eigenvalue weighted by Crippen LogP contribution is -2.37. The molecule has 5 rings (SSSR count). The van der Waals surface area contributed by atoms with E-state index in [0.29, 0.717) is 18.0 Å². The van der Waals surface area contributed by atoms with Gasteiger partial charge >= 0.3 is 0 Å². The van der Waals surface area contributed by atoms with Gasteiger partial charge in [-0.05, 0) is 61.0 Å². The van der Waals surface area contributed by atoms with Crippen molar-refractivity contribution in [1.82, 2.24) is 0 Å². The van der Waals surface area contributed by atoms with Crippen LogP contribution in [0, 0.1) is 5.92 Å². The predicted octanol–water partition coefficient (Wildman–Crippen LogP) is 4.90. The van der Waals surface area contributed by atoms with Gasteiger partial charge in [0.05, 0.1) is 24.0 Å². The Hall–Kier alpha value is -3.16. The van der Waals surface area contributed by atoms with Gasteiger partial charge in [0.1, 0.15) is 11.7 Å². The summed E-state index contributed by atoms with van der Waals surface area (Å²) in [5.74, 6) is -0.604. The summed E-state index contributed by atoms with van der Waals surface area (Å²) in [6.45, 7) is 2.45. The first-order valence-electron chi connectivity index (χ1n) is 10.5. The first-order chi connectivity index (χ1) is 15.6. The van der Waals surface area contributed by atoms with Crippen LogP contribution in [0.15, 0.2) is 83.3 Å². The number of nitrogens with zero attached hydrogens (tertiary/aromatic N) is 2. The monoisotopic (exact) mass is 492 g/mol. The number of rotatable bonds is 5. The third-order valence-corrected chi connectivity index (χ3v) is 6.22. The van der Waals surface area contributed by atoms with Crippen LogP contribution in [0.4, 0.5) is 11.4 Å². The van der Waals surface area contributed by atoms with Crippen LogP contribution in [0.2, 0.25) is 0 Å². The molecule has 0 unspecified atom stereocenters. The molecular formula is C25H21BrN2O4. The minimum absolute atomic E-state index is 0.271. The molecule has 0 bridgehead atoms. The minimum Gasteiger partial charge on any atom is -0.494 e. The van der Waals surface area contributed by atoms with Gasteiger partial charge in [-0.2, -0.15) is 0 Å². The van der Waals surface area contributed by atoms with Crippen molar-refractivity contribution in [3.63, 3.8) is 0 Å². The standard InChI is InChI=1S/C25H21BrN2O4/c1-2-31-20-13-11-18(12-14-20)27-24(29)21-22(16-7-6-8-17(26)15-16)28(32-23(21)25(27)30)19-9-4-3-5-10-19/h3-15,21-23H,2H2,1H3/t21-,22-,23-/m0/s1. The van der Waals surface area contributed by atoms with E-state index in [4.69, 9.17) is 9.57 Å². The van der Waals surface area contributed by atoms with E-state index >= 15 is 0 Å². The molecule has 0 aromatic heterocycles. The van der Waals surface area contributed by atoms with E-state index in [0.717, 1.165) is 15.7 Å². The molecule has 2 aliphatic heterocycles. The van der Waals surface area contributed by atoms with Gasteiger partial charge in [0.2, 0.25) is 5.91 Å². The lowest BCUT2D eigenvalue weighted by atomic mass is 9.90. The molecule has 2 amide bonds. The van der Waals surface area contributed by atoms with Crippen LogP contribution in [-0.2, 0) is 14.4 Å². The third kappa shape index (κ3) is 3.47. The number of hydroxylamine groups is 1. The van der Waals surface area contributed by atoms with Crippen LogP contribution in [0.1, 0.15) is 18.5 Å². The molecule has 3 aromatic rings. The lowest BCUT2D eigenvalue weighted by Gasteiger charge is -2.28. The topological polar surface area (TPSA) is 59.1 Å². The fraction of sp³-hybridized carbons (Fsp3) is 0.200. The molecule has 2 aliphatic rings. The molecule has 7 heteroatoms. The van der Waals surface area contributed by atoms with Gasteiger partial charge < -0.3 is 4.74 Å². The van der Waals surface area contributed by atoms with E-state index in [-0.39, 0.29) is 11.8 Å². The van der Waals surface area contributed by atoms with E-state index in [1.807, 2.05) is 61.5 Å². The Labute approximate surface area is 194 Å². The fourth-order valence-electron chi connectivity index (χ4n) is 4.36. The molecule has 6 nitrogen and oxygen atoms in total. The van der Waals surface area contributed by atoms with E-state index < -0.39 is 18.1 Å². The second-order valence-corrected chi connectivity index (χ2v) is 8.57. The number of hydrogen-bond donors (Lipinski definition) is 0. The van der Waals surface area contributed by atoms with E-state index in [1.165, 1.54) is 4.90 Å². The summed E-state index contributed by atoms with van der Waals surface area (Å²) in [5, 5.41) is 1.70. The van der Waals surface area contributed by atoms with Crippen molar-refractivity contribution < 1.29 is 19.2 Å². The number of hydrogen-bond acceptors (Lipinski definition) is 5. The Morgan fingerprint density at radius 3 is 2.34 bits per heavy atom. The average Bonchev–Trinajstić information content (AvgIpc) is 3.31. The van der Waals surface area contributed by atoms with Crippen molar-refractivity contribution in [2.24, 2.45) is 5.92 Å². The van der Waals surface area contributed by atoms with Crippen molar-refractivity contribution in [3.05, 3.63) is 88.9 Å². The Kier molecular flexibility index (Phi) is 5.45. The summed E-state index contributed by atoms with van der Waals surface area (Å²) >= 11 is 3.52. The average molecular weight is 493 g/mol. The molecule has 0 radical (unpaired) electrons. The number of carbonyl (C=O) groups excluding carboxylic acids is 2. The molecule has 3 aromatic carbocycles. The first-order valence-corrected chi connectivity index (χ1v) is 11.2. The summed E-state index contributed by atoms with van der Waals surface area (Å²) in [5.41, 5.74) is 2.20. The molecule has 0 aliphatic carbocycles. The highest BCUT2D eigenvalue weighted by molar-refractivity contribution is 9.10. The summed E-state index contributed by atoms with van der Waals surface area (Å²) in [6, 6.07) is 23.8. The molecule has 2 fully saturated rings. The largest absolute Gasteiger partial charge is 0.494 e. The van der Waals surface area contributed by atoms with Gasteiger partial charge in [-0.3, -0.25) is 14.4 Å². The summed E-state index contributed by atoms with van der Waals surface area (Å²) in [4.78, 5) is 34.3. The molecule has 32 heavy (non-hydrogen) atoms. The maximum absolute atomic E-state index is 13.6. The second-order valence-electron chi connectivity index (χ2n) is 7.65. The summed E-state index contributed by atoms with van der Waals surface area (Å²) in [7, 11) is 0. The number of para-hydroxylation sites is 1. The van der Waals surface area contributed by atoms with Crippen LogP contribution in [-0.4, -0.2) is 24.5 Å². The number of halogens is 1. The zero-order valence-corrected chi connectivity index (χ0v) is 18.9. The van der Waals surface area contributed by atoms with Crippen LogP contribution in [0.5, 0.6) is 5.75 Å². The van der Waals surface area contributed by atoms with E-state index in [1.54, 1.807) is 29.3 Å². The van der Waals surface area contributed by atoms with Crippen molar-refractivity contribution in [2.75, 3.05) is 16.6 Å². The minimum atomic E-state index is -0.891. The van der Waals surface area contributed by atoms with Crippen LogP contribution in [0.3, 0.4) is 0 Å². The smallest absolute Gasteiger partial charge is 0.266 e. The summed E-state index contributed by atoms with van der Waals surface area (Å²) in [6.07, 6.45) is -0.891. The fourth-order valence-corrected chi connectivity index (χ4v) is 4.77.